The first-order valence-corrected chi connectivity index (χ1v) is 8.07. The Morgan fingerprint density at radius 1 is 1.35 bits per heavy atom. The Labute approximate surface area is 121 Å². The number of aryl methyl sites for hydroxylation is 2. The molecule has 0 heterocycles. The highest BCUT2D eigenvalue weighted by molar-refractivity contribution is 6.03. The van der Waals surface area contributed by atoms with Gasteiger partial charge in [-0.05, 0) is 61.6 Å². The van der Waals surface area contributed by atoms with Crippen LogP contribution in [-0.4, -0.2) is 5.78 Å². The molecule has 2 unspecified atom stereocenters. The first-order chi connectivity index (χ1) is 9.73. The van der Waals surface area contributed by atoms with Crippen molar-refractivity contribution in [2.24, 2.45) is 11.3 Å². The van der Waals surface area contributed by atoms with Crippen LogP contribution in [0, 0.1) is 11.3 Å². The highest BCUT2D eigenvalue weighted by Gasteiger charge is 2.53. The molecule has 0 aromatic heterocycles. The van der Waals surface area contributed by atoms with Gasteiger partial charge in [0.25, 0.3) is 0 Å². The number of Topliss-reactive ketones (excluding diaryl/α,β-unsaturated/α-hetero) is 1. The minimum atomic E-state index is -0.0259. The molecular formula is C19H22O. The van der Waals surface area contributed by atoms with Crippen molar-refractivity contribution in [1.82, 2.24) is 0 Å². The fourth-order valence-electron chi connectivity index (χ4n) is 4.70. The number of benzene rings is 1. The van der Waals surface area contributed by atoms with E-state index in [4.69, 9.17) is 0 Å². The molecule has 0 aliphatic heterocycles. The summed E-state index contributed by atoms with van der Waals surface area (Å²) in [5.74, 6) is 1.07. The van der Waals surface area contributed by atoms with Gasteiger partial charge in [-0.25, -0.2) is 0 Å². The number of hydrogen-bond acceptors (Lipinski definition) is 1. The molecule has 0 amide bonds. The van der Waals surface area contributed by atoms with E-state index in [1.807, 2.05) is 0 Å². The quantitative estimate of drug-likeness (QED) is 0.721. The summed E-state index contributed by atoms with van der Waals surface area (Å²) >= 11 is 0. The van der Waals surface area contributed by atoms with Crippen molar-refractivity contribution in [2.75, 3.05) is 0 Å². The molecule has 1 aromatic carbocycles. The van der Waals surface area contributed by atoms with Crippen LogP contribution < -0.4 is 0 Å². The number of carbonyl (C=O) groups is 1. The van der Waals surface area contributed by atoms with Crippen molar-refractivity contribution in [1.29, 1.82) is 0 Å². The Morgan fingerprint density at radius 2 is 2.25 bits per heavy atom. The standard InChI is InChI=1S/C19H22O/c1-2-3-13-4-6-15-8-9-19(18(20)17(15)11-13)12-14-5-7-16(19)10-14/h4-6,11,16H,2-3,7-10,12H2,1H3. The van der Waals surface area contributed by atoms with Gasteiger partial charge in [-0.15, -0.1) is 0 Å². The van der Waals surface area contributed by atoms with Gasteiger partial charge in [0, 0.05) is 11.0 Å². The van der Waals surface area contributed by atoms with Crippen molar-refractivity contribution in [3.05, 3.63) is 46.5 Å². The van der Waals surface area contributed by atoms with Gasteiger partial charge in [-0.2, -0.15) is 0 Å². The van der Waals surface area contributed by atoms with Crippen LogP contribution in [0.5, 0.6) is 0 Å². The SMILES string of the molecule is CCCc1ccc2c(c1)C(=O)C1(CC2)CC2=CCC1C2. The molecule has 3 aliphatic carbocycles. The second kappa shape index (κ2) is 4.31. The number of carbonyl (C=O) groups excluding carboxylic acids is 1. The van der Waals surface area contributed by atoms with Crippen molar-refractivity contribution >= 4 is 5.78 Å². The molecule has 0 N–H and O–H groups in total. The molecule has 4 rings (SSSR count). The predicted molar refractivity (Wildman–Crippen MR) is 80.9 cm³/mol. The molecule has 2 atom stereocenters. The lowest BCUT2D eigenvalue weighted by molar-refractivity contribution is 0.0670. The largest absolute Gasteiger partial charge is 0.294 e. The Morgan fingerprint density at radius 3 is 2.95 bits per heavy atom. The van der Waals surface area contributed by atoms with Gasteiger partial charge in [0.05, 0.1) is 0 Å². The maximum atomic E-state index is 13.2. The highest BCUT2D eigenvalue weighted by atomic mass is 16.1. The molecule has 0 radical (unpaired) electrons. The molecular weight excluding hydrogens is 244 g/mol. The molecule has 1 spiro atoms. The summed E-state index contributed by atoms with van der Waals surface area (Å²) in [5, 5.41) is 0. The van der Waals surface area contributed by atoms with Crippen LogP contribution in [0.25, 0.3) is 0 Å². The average Bonchev–Trinajstić information content (AvgIpc) is 3.05. The molecule has 1 heteroatoms. The van der Waals surface area contributed by atoms with E-state index in [0.29, 0.717) is 11.7 Å². The van der Waals surface area contributed by atoms with E-state index >= 15 is 0 Å². The van der Waals surface area contributed by atoms with E-state index in [2.05, 4.69) is 31.2 Å². The van der Waals surface area contributed by atoms with Crippen LogP contribution >= 0.6 is 0 Å². The fraction of sp³-hybridized carbons (Fsp3) is 0.526. The van der Waals surface area contributed by atoms with Crippen LogP contribution in [0.3, 0.4) is 0 Å². The van der Waals surface area contributed by atoms with Gasteiger partial charge in [0.1, 0.15) is 0 Å². The van der Waals surface area contributed by atoms with E-state index < -0.39 is 0 Å². The van der Waals surface area contributed by atoms with Gasteiger partial charge < -0.3 is 0 Å². The van der Waals surface area contributed by atoms with Gasteiger partial charge in [0.2, 0.25) is 0 Å². The molecule has 1 fully saturated rings. The summed E-state index contributed by atoms with van der Waals surface area (Å²) in [4.78, 5) is 13.2. The van der Waals surface area contributed by atoms with Crippen LogP contribution in [0.2, 0.25) is 0 Å². The third-order valence-electron chi connectivity index (χ3n) is 5.77. The summed E-state index contributed by atoms with van der Waals surface area (Å²) in [5.41, 5.74) is 5.20. The zero-order chi connectivity index (χ0) is 13.7. The van der Waals surface area contributed by atoms with Crippen LogP contribution in [0.15, 0.2) is 29.8 Å². The molecule has 1 aromatic rings. The summed E-state index contributed by atoms with van der Waals surface area (Å²) < 4.78 is 0. The summed E-state index contributed by atoms with van der Waals surface area (Å²) in [6, 6.07) is 6.62. The number of ketones is 1. The zero-order valence-electron chi connectivity index (χ0n) is 12.2. The van der Waals surface area contributed by atoms with Gasteiger partial charge >= 0.3 is 0 Å². The number of rotatable bonds is 2. The smallest absolute Gasteiger partial charge is 0.169 e. The van der Waals surface area contributed by atoms with Crippen molar-refractivity contribution in [3.63, 3.8) is 0 Å². The van der Waals surface area contributed by atoms with Crippen LogP contribution in [-0.2, 0) is 12.8 Å². The molecule has 1 saturated carbocycles. The summed E-state index contributed by atoms with van der Waals surface area (Å²) in [7, 11) is 0. The molecule has 2 bridgehead atoms. The number of fused-ring (bicyclic) bond motifs is 4. The lowest BCUT2D eigenvalue weighted by atomic mass is 9.63. The van der Waals surface area contributed by atoms with Gasteiger partial charge in [0.15, 0.2) is 5.78 Å². The van der Waals surface area contributed by atoms with Gasteiger partial charge in [-0.1, -0.05) is 37.1 Å². The van der Waals surface area contributed by atoms with E-state index in [1.54, 1.807) is 5.57 Å². The second-order valence-electron chi connectivity index (χ2n) is 6.90. The molecule has 3 aliphatic rings. The minimum Gasteiger partial charge on any atom is -0.294 e. The van der Waals surface area contributed by atoms with Crippen LogP contribution in [0.1, 0.15) is 60.5 Å². The zero-order valence-corrected chi connectivity index (χ0v) is 12.2. The molecule has 104 valence electrons. The molecule has 20 heavy (non-hydrogen) atoms. The second-order valence-corrected chi connectivity index (χ2v) is 6.90. The van der Waals surface area contributed by atoms with Gasteiger partial charge in [-0.3, -0.25) is 4.79 Å². The highest BCUT2D eigenvalue weighted by Crippen LogP contribution is 2.58. The average molecular weight is 266 g/mol. The molecule has 1 nitrogen and oxygen atoms in total. The maximum Gasteiger partial charge on any atom is 0.169 e. The Balaban J connectivity index is 1.75. The van der Waals surface area contributed by atoms with Crippen LogP contribution in [0.4, 0.5) is 0 Å². The predicted octanol–water partition coefficient (Wildman–Crippen LogP) is 4.49. The first-order valence-electron chi connectivity index (χ1n) is 8.07. The Bertz CT molecular complexity index is 610. The number of allylic oxidation sites excluding steroid dienone is 2. The third-order valence-corrected chi connectivity index (χ3v) is 5.77. The maximum absolute atomic E-state index is 13.2. The van der Waals surface area contributed by atoms with E-state index in [1.165, 1.54) is 17.5 Å². The first kappa shape index (κ1) is 12.4. The summed E-state index contributed by atoms with van der Waals surface area (Å²) in [6.07, 6.45) is 10.2. The summed E-state index contributed by atoms with van der Waals surface area (Å²) in [6.45, 7) is 2.20. The Hall–Kier alpha value is -1.37. The third kappa shape index (κ3) is 1.58. The van der Waals surface area contributed by atoms with Crippen molar-refractivity contribution < 1.29 is 4.79 Å². The Kier molecular flexibility index (Phi) is 2.67. The normalized spacial score (nSPS) is 30.8. The van der Waals surface area contributed by atoms with E-state index in [9.17, 15) is 4.79 Å². The van der Waals surface area contributed by atoms with Crippen molar-refractivity contribution in [3.8, 4) is 0 Å². The topological polar surface area (TPSA) is 17.1 Å². The fourth-order valence-corrected chi connectivity index (χ4v) is 4.70. The monoisotopic (exact) mass is 266 g/mol. The minimum absolute atomic E-state index is 0.0259. The number of hydrogen-bond donors (Lipinski definition) is 0. The van der Waals surface area contributed by atoms with E-state index in [0.717, 1.165) is 44.1 Å². The lowest BCUT2D eigenvalue weighted by Crippen LogP contribution is -2.39. The van der Waals surface area contributed by atoms with Crippen molar-refractivity contribution in [2.45, 2.75) is 51.9 Å². The molecule has 0 saturated heterocycles. The lowest BCUT2D eigenvalue weighted by Gasteiger charge is -2.38. The van der Waals surface area contributed by atoms with E-state index in [-0.39, 0.29) is 5.41 Å².